The van der Waals surface area contributed by atoms with E-state index >= 15 is 0 Å². The number of nitrogens with one attached hydrogen (secondary N) is 1. The Hall–Kier alpha value is -0.970. The van der Waals surface area contributed by atoms with Crippen molar-refractivity contribution in [2.75, 3.05) is 10.6 Å². The van der Waals surface area contributed by atoms with Crippen molar-refractivity contribution >= 4 is 27.5 Å². The van der Waals surface area contributed by atoms with E-state index in [1.54, 1.807) is 0 Å². The van der Waals surface area contributed by atoms with Crippen LogP contribution in [0.15, 0.2) is 12.1 Å². The van der Waals surface area contributed by atoms with Gasteiger partial charge in [0.05, 0.1) is 5.33 Å². The molecule has 0 aromatic heterocycles. The van der Waals surface area contributed by atoms with Crippen LogP contribution < -0.4 is 5.32 Å². The van der Waals surface area contributed by atoms with Crippen LogP contribution in [0.25, 0.3) is 0 Å². The largest absolute Gasteiger partial charge is 0.320 e. The average Bonchev–Trinajstić information content (AvgIpc) is 2.18. The molecule has 0 aliphatic heterocycles. The van der Waals surface area contributed by atoms with Crippen molar-refractivity contribution in [1.29, 1.82) is 0 Å². The zero-order valence-corrected chi connectivity index (χ0v) is 8.99. The first kappa shape index (κ1) is 11.1. The first-order chi connectivity index (χ1) is 6.56. The van der Waals surface area contributed by atoms with Crippen LogP contribution in [0.5, 0.6) is 0 Å². The smallest absolute Gasteiger partial charge is 0.235 e. The third-order valence-corrected chi connectivity index (χ3v) is 2.18. The molecule has 0 radical (unpaired) electrons. The molecule has 0 atom stereocenters. The lowest BCUT2D eigenvalue weighted by molar-refractivity contribution is -0.113. The van der Waals surface area contributed by atoms with Gasteiger partial charge in [0.15, 0.2) is 5.82 Å². The van der Waals surface area contributed by atoms with Crippen molar-refractivity contribution < 1.29 is 13.6 Å². The molecule has 0 heterocycles. The second-order valence-corrected chi connectivity index (χ2v) is 3.30. The minimum absolute atomic E-state index is 0.000177. The fourth-order valence-electron chi connectivity index (χ4n) is 0.944. The summed E-state index contributed by atoms with van der Waals surface area (Å²) in [5.41, 5.74) is -0.106. The van der Waals surface area contributed by atoms with Gasteiger partial charge in [-0.15, -0.1) is 0 Å². The van der Waals surface area contributed by atoms with Crippen molar-refractivity contribution in [3.8, 4) is 0 Å². The lowest BCUT2D eigenvalue weighted by Crippen LogP contribution is -2.15. The molecule has 0 bridgehead atoms. The summed E-state index contributed by atoms with van der Waals surface area (Å²) in [6, 6.07) is 2.43. The van der Waals surface area contributed by atoms with Crippen molar-refractivity contribution in [2.45, 2.75) is 6.92 Å². The van der Waals surface area contributed by atoms with E-state index in [9.17, 15) is 13.6 Å². The number of alkyl halides is 1. The van der Waals surface area contributed by atoms with Crippen molar-refractivity contribution in [3.05, 3.63) is 29.3 Å². The number of hydrogen-bond donors (Lipinski definition) is 1. The summed E-state index contributed by atoms with van der Waals surface area (Å²) < 4.78 is 26.3. The topological polar surface area (TPSA) is 29.1 Å². The first-order valence-corrected chi connectivity index (χ1v) is 4.99. The molecule has 14 heavy (non-hydrogen) atoms. The Morgan fingerprint density at radius 2 is 2.14 bits per heavy atom. The standard InChI is InChI=1S/C9H8BrF2NO/c1-5-2-3-6(11)9(8(5)12)13-7(14)4-10/h2-3H,4H2,1H3,(H,13,14). The fourth-order valence-corrected chi connectivity index (χ4v) is 1.08. The molecule has 0 saturated heterocycles. The van der Waals surface area contributed by atoms with E-state index in [0.29, 0.717) is 0 Å². The summed E-state index contributed by atoms with van der Waals surface area (Å²) in [6.45, 7) is 1.50. The molecule has 2 nitrogen and oxygen atoms in total. The van der Waals surface area contributed by atoms with Gasteiger partial charge in [-0.05, 0) is 18.6 Å². The van der Waals surface area contributed by atoms with Gasteiger partial charge < -0.3 is 5.32 Å². The number of rotatable bonds is 2. The minimum atomic E-state index is -0.776. The zero-order valence-electron chi connectivity index (χ0n) is 7.40. The number of anilines is 1. The number of aryl methyl sites for hydroxylation is 1. The molecule has 0 fully saturated rings. The highest BCUT2D eigenvalue weighted by molar-refractivity contribution is 9.09. The third-order valence-electron chi connectivity index (χ3n) is 1.67. The molecular weight excluding hydrogens is 256 g/mol. The van der Waals surface area contributed by atoms with Crippen LogP contribution in [-0.4, -0.2) is 11.2 Å². The molecule has 0 aliphatic rings. The Balaban J connectivity index is 3.06. The van der Waals surface area contributed by atoms with Crippen LogP contribution >= 0.6 is 15.9 Å². The van der Waals surface area contributed by atoms with E-state index in [1.807, 2.05) is 0 Å². The van der Waals surface area contributed by atoms with Gasteiger partial charge in [0, 0.05) is 0 Å². The van der Waals surface area contributed by atoms with E-state index in [-0.39, 0.29) is 10.9 Å². The maximum Gasteiger partial charge on any atom is 0.235 e. The molecule has 0 saturated carbocycles. The van der Waals surface area contributed by atoms with Crippen molar-refractivity contribution in [3.63, 3.8) is 0 Å². The maximum atomic E-state index is 13.3. The molecule has 5 heteroatoms. The van der Waals surface area contributed by atoms with Crippen LogP contribution in [0.3, 0.4) is 0 Å². The second-order valence-electron chi connectivity index (χ2n) is 2.74. The lowest BCUT2D eigenvalue weighted by atomic mass is 10.2. The Bertz CT molecular complexity index is 368. The quantitative estimate of drug-likeness (QED) is 0.817. The number of amides is 1. The van der Waals surface area contributed by atoms with Gasteiger partial charge in [-0.2, -0.15) is 0 Å². The lowest BCUT2D eigenvalue weighted by Gasteiger charge is -2.07. The Morgan fingerprint density at radius 3 is 2.71 bits per heavy atom. The molecule has 0 spiro atoms. The van der Waals surface area contributed by atoms with Crippen molar-refractivity contribution in [2.24, 2.45) is 0 Å². The number of carbonyl (C=O) groups is 1. The Kier molecular flexibility index (Phi) is 3.57. The van der Waals surface area contributed by atoms with Gasteiger partial charge in [-0.25, -0.2) is 8.78 Å². The third kappa shape index (κ3) is 2.29. The molecule has 1 aromatic rings. The fraction of sp³-hybridized carbons (Fsp3) is 0.222. The molecule has 1 N–H and O–H groups in total. The molecule has 1 amide bonds. The second kappa shape index (κ2) is 4.50. The predicted molar refractivity (Wildman–Crippen MR) is 53.5 cm³/mol. The summed E-state index contributed by atoms with van der Waals surface area (Å²) in [5, 5.41) is 2.13. The van der Waals surface area contributed by atoms with Gasteiger partial charge in [-0.3, -0.25) is 4.79 Å². The number of hydrogen-bond acceptors (Lipinski definition) is 1. The van der Waals surface area contributed by atoms with Crippen molar-refractivity contribution in [1.82, 2.24) is 0 Å². The minimum Gasteiger partial charge on any atom is -0.320 e. The predicted octanol–water partition coefficient (Wildman–Crippen LogP) is 2.61. The highest BCUT2D eigenvalue weighted by atomic mass is 79.9. The molecule has 76 valence electrons. The SMILES string of the molecule is Cc1ccc(F)c(NC(=O)CBr)c1F. The highest BCUT2D eigenvalue weighted by Crippen LogP contribution is 2.21. The van der Waals surface area contributed by atoms with Gasteiger partial charge in [0.1, 0.15) is 11.5 Å². The molecule has 0 unspecified atom stereocenters. The highest BCUT2D eigenvalue weighted by Gasteiger charge is 2.13. The number of halogens is 3. The van der Waals surface area contributed by atoms with E-state index in [2.05, 4.69) is 21.2 Å². The van der Waals surface area contributed by atoms with Crippen LogP contribution in [-0.2, 0) is 4.79 Å². The van der Waals surface area contributed by atoms with Gasteiger partial charge in [-0.1, -0.05) is 22.0 Å². The first-order valence-electron chi connectivity index (χ1n) is 3.86. The summed E-state index contributed by atoms with van der Waals surface area (Å²) in [7, 11) is 0. The van der Waals surface area contributed by atoms with Crippen LogP contribution in [0.1, 0.15) is 5.56 Å². The number of benzene rings is 1. The van der Waals surface area contributed by atoms with Crippen LogP contribution in [0.2, 0.25) is 0 Å². The van der Waals surface area contributed by atoms with E-state index in [4.69, 9.17) is 0 Å². The van der Waals surface area contributed by atoms with E-state index < -0.39 is 23.2 Å². The number of carbonyl (C=O) groups excluding carboxylic acids is 1. The van der Waals surface area contributed by atoms with E-state index in [1.165, 1.54) is 13.0 Å². The summed E-state index contributed by atoms with van der Waals surface area (Å²) in [4.78, 5) is 10.9. The van der Waals surface area contributed by atoms with Crippen LogP contribution in [0.4, 0.5) is 14.5 Å². The Labute approximate surface area is 88.4 Å². The normalized spacial score (nSPS) is 10.0. The van der Waals surface area contributed by atoms with Gasteiger partial charge in [0.25, 0.3) is 0 Å². The maximum absolute atomic E-state index is 13.3. The molecule has 1 rings (SSSR count). The van der Waals surface area contributed by atoms with E-state index in [0.717, 1.165) is 6.07 Å². The molecule has 1 aromatic carbocycles. The summed E-state index contributed by atoms with van der Waals surface area (Å²) in [6.07, 6.45) is 0. The average molecular weight is 264 g/mol. The summed E-state index contributed by atoms with van der Waals surface area (Å²) >= 11 is 2.88. The summed E-state index contributed by atoms with van der Waals surface area (Å²) in [5.74, 6) is -2.00. The van der Waals surface area contributed by atoms with Gasteiger partial charge >= 0.3 is 0 Å². The monoisotopic (exact) mass is 263 g/mol. The zero-order chi connectivity index (χ0) is 10.7. The van der Waals surface area contributed by atoms with Crippen LogP contribution in [0, 0.1) is 18.6 Å². The van der Waals surface area contributed by atoms with Gasteiger partial charge in [0.2, 0.25) is 5.91 Å². The molecular formula is C9H8BrF2NO. The molecule has 0 aliphatic carbocycles. The Morgan fingerprint density at radius 1 is 1.50 bits per heavy atom.